The van der Waals surface area contributed by atoms with Gasteiger partial charge in [-0.1, -0.05) is 0 Å². The summed E-state index contributed by atoms with van der Waals surface area (Å²) in [6.07, 6.45) is -1.94. The second kappa shape index (κ2) is 4.94. The van der Waals surface area contributed by atoms with E-state index in [4.69, 9.17) is 11.5 Å². The van der Waals surface area contributed by atoms with Crippen LogP contribution in [0.3, 0.4) is 0 Å². The fraction of sp³-hybridized carbons (Fsp3) is 0.917. The molecular weight excluding hydrogens is 259 g/mol. The molecule has 2 aliphatic rings. The van der Waals surface area contributed by atoms with E-state index in [2.05, 4.69) is 0 Å². The van der Waals surface area contributed by atoms with Crippen LogP contribution in [0.1, 0.15) is 32.1 Å². The molecule has 2 rings (SSSR count). The zero-order valence-corrected chi connectivity index (χ0v) is 10.7. The second-order valence-electron chi connectivity index (χ2n) is 5.79. The first-order chi connectivity index (χ1) is 8.72. The maximum absolute atomic E-state index is 12.8. The van der Waals surface area contributed by atoms with Crippen LogP contribution in [0, 0.1) is 5.92 Å². The Morgan fingerprint density at radius 3 is 2.53 bits per heavy atom. The summed E-state index contributed by atoms with van der Waals surface area (Å²) in [5, 5.41) is 0. The van der Waals surface area contributed by atoms with E-state index in [1.165, 1.54) is 0 Å². The third-order valence-electron chi connectivity index (χ3n) is 4.45. The highest BCUT2D eigenvalue weighted by Gasteiger charge is 2.47. The molecule has 1 heterocycles. The van der Waals surface area contributed by atoms with Crippen molar-refractivity contribution in [3.8, 4) is 0 Å². The normalized spacial score (nSPS) is 37.5. The first-order valence-electron chi connectivity index (χ1n) is 6.62. The number of piperidine rings is 1. The molecule has 4 N–H and O–H groups in total. The maximum atomic E-state index is 12.8. The molecule has 110 valence electrons. The van der Waals surface area contributed by atoms with Gasteiger partial charge in [0.2, 0.25) is 5.91 Å². The van der Waals surface area contributed by atoms with Gasteiger partial charge >= 0.3 is 6.18 Å². The number of amides is 1. The van der Waals surface area contributed by atoms with Gasteiger partial charge in [-0.25, -0.2) is 0 Å². The summed E-state index contributed by atoms with van der Waals surface area (Å²) in [7, 11) is 0. The van der Waals surface area contributed by atoms with Crippen LogP contribution in [0.5, 0.6) is 0 Å². The fourth-order valence-corrected chi connectivity index (χ4v) is 3.19. The van der Waals surface area contributed by atoms with Crippen molar-refractivity contribution in [2.75, 3.05) is 13.1 Å². The largest absolute Gasteiger partial charge is 0.393 e. The van der Waals surface area contributed by atoms with Crippen molar-refractivity contribution in [2.45, 2.75) is 49.9 Å². The standard InChI is InChI=1S/C12H20F3N3O/c13-12(14,15)8-2-1-5-18(7-8)9-3-4-11(17,6-9)10(16)19/h8-9H,1-7,17H2,(H2,16,19). The van der Waals surface area contributed by atoms with Gasteiger partial charge < -0.3 is 11.5 Å². The highest BCUT2D eigenvalue weighted by molar-refractivity contribution is 5.84. The van der Waals surface area contributed by atoms with Crippen molar-refractivity contribution in [1.29, 1.82) is 0 Å². The Morgan fingerprint density at radius 1 is 1.32 bits per heavy atom. The average Bonchev–Trinajstić information content (AvgIpc) is 2.73. The quantitative estimate of drug-likeness (QED) is 0.792. The van der Waals surface area contributed by atoms with E-state index in [9.17, 15) is 18.0 Å². The minimum absolute atomic E-state index is 0.0169. The molecule has 19 heavy (non-hydrogen) atoms. The van der Waals surface area contributed by atoms with Gasteiger partial charge in [0.15, 0.2) is 0 Å². The maximum Gasteiger partial charge on any atom is 0.393 e. The number of halogens is 3. The number of nitrogens with zero attached hydrogens (tertiary/aromatic N) is 1. The van der Waals surface area contributed by atoms with E-state index in [-0.39, 0.29) is 19.0 Å². The third-order valence-corrected chi connectivity index (χ3v) is 4.45. The van der Waals surface area contributed by atoms with E-state index in [1.54, 1.807) is 0 Å². The highest BCUT2D eigenvalue weighted by Crippen LogP contribution is 2.37. The highest BCUT2D eigenvalue weighted by atomic mass is 19.4. The first-order valence-corrected chi connectivity index (χ1v) is 6.62. The Hall–Kier alpha value is -0.820. The van der Waals surface area contributed by atoms with Crippen LogP contribution in [0.15, 0.2) is 0 Å². The summed E-state index contributed by atoms with van der Waals surface area (Å²) in [6.45, 7) is 0.662. The number of hydrogen-bond donors (Lipinski definition) is 2. The minimum Gasteiger partial charge on any atom is -0.368 e. The number of rotatable bonds is 2. The van der Waals surface area contributed by atoms with E-state index < -0.39 is 23.5 Å². The van der Waals surface area contributed by atoms with Gasteiger partial charge in [0.25, 0.3) is 0 Å². The lowest BCUT2D eigenvalue weighted by molar-refractivity contribution is -0.188. The van der Waals surface area contributed by atoms with Gasteiger partial charge in [-0.05, 0) is 38.6 Å². The van der Waals surface area contributed by atoms with Crippen molar-refractivity contribution in [1.82, 2.24) is 4.90 Å². The topological polar surface area (TPSA) is 72.3 Å². The van der Waals surface area contributed by atoms with Gasteiger partial charge in [-0.3, -0.25) is 9.69 Å². The Bertz CT molecular complexity index is 361. The number of alkyl halides is 3. The van der Waals surface area contributed by atoms with Gasteiger partial charge in [-0.15, -0.1) is 0 Å². The van der Waals surface area contributed by atoms with Crippen molar-refractivity contribution in [3.05, 3.63) is 0 Å². The van der Waals surface area contributed by atoms with Crippen LogP contribution >= 0.6 is 0 Å². The van der Waals surface area contributed by atoms with Crippen LogP contribution in [0.25, 0.3) is 0 Å². The summed E-state index contributed by atoms with van der Waals surface area (Å²) >= 11 is 0. The van der Waals surface area contributed by atoms with E-state index in [0.717, 1.165) is 0 Å². The Kier molecular flexibility index (Phi) is 3.79. The smallest absolute Gasteiger partial charge is 0.368 e. The number of carbonyl (C=O) groups is 1. The van der Waals surface area contributed by atoms with E-state index in [1.807, 2.05) is 4.90 Å². The van der Waals surface area contributed by atoms with Crippen molar-refractivity contribution in [2.24, 2.45) is 17.4 Å². The summed E-state index contributed by atoms with van der Waals surface area (Å²) in [4.78, 5) is 13.1. The predicted molar refractivity (Wildman–Crippen MR) is 64.1 cm³/mol. The zero-order chi connectivity index (χ0) is 14.3. The number of nitrogens with two attached hydrogens (primary N) is 2. The number of carbonyl (C=O) groups excluding carboxylic acids is 1. The summed E-state index contributed by atoms with van der Waals surface area (Å²) in [5.74, 6) is -1.82. The average molecular weight is 279 g/mol. The lowest BCUT2D eigenvalue weighted by atomic mass is 9.94. The van der Waals surface area contributed by atoms with Gasteiger partial charge in [0, 0.05) is 12.6 Å². The van der Waals surface area contributed by atoms with Crippen LogP contribution < -0.4 is 11.5 Å². The van der Waals surface area contributed by atoms with Crippen molar-refractivity contribution in [3.63, 3.8) is 0 Å². The second-order valence-corrected chi connectivity index (χ2v) is 5.79. The van der Waals surface area contributed by atoms with Gasteiger partial charge in [0.05, 0.1) is 11.5 Å². The molecule has 1 amide bonds. The predicted octanol–water partition coefficient (Wildman–Crippen LogP) is 0.996. The SMILES string of the molecule is NC(=O)C1(N)CCC(N2CCCC(C(F)(F)F)C2)C1. The Balaban J connectivity index is 1.98. The Labute approximate surface area is 110 Å². The molecule has 0 aromatic heterocycles. The minimum atomic E-state index is -4.14. The summed E-state index contributed by atoms with van der Waals surface area (Å²) in [5.41, 5.74) is 10.1. The first kappa shape index (κ1) is 14.6. The molecule has 3 atom stereocenters. The molecule has 0 bridgehead atoms. The van der Waals surface area contributed by atoms with Crippen LogP contribution in [-0.2, 0) is 4.79 Å². The molecule has 0 aromatic carbocycles. The number of likely N-dealkylation sites (tertiary alicyclic amines) is 1. The molecule has 2 fully saturated rings. The molecule has 1 saturated carbocycles. The molecule has 0 radical (unpaired) electrons. The molecule has 4 nitrogen and oxygen atoms in total. The Morgan fingerprint density at radius 2 is 2.00 bits per heavy atom. The van der Waals surface area contributed by atoms with E-state index >= 15 is 0 Å². The van der Waals surface area contributed by atoms with Gasteiger partial charge in [0.1, 0.15) is 0 Å². The molecule has 3 unspecified atom stereocenters. The fourth-order valence-electron chi connectivity index (χ4n) is 3.19. The summed E-state index contributed by atoms with van der Waals surface area (Å²) in [6, 6.07) is -0.0531. The number of hydrogen-bond acceptors (Lipinski definition) is 3. The van der Waals surface area contributed by atoms with Gasteiger partial charge in [-0.2, -0.15) is 13.2 Å². The summed E-state index contributed by atoms with van der Waals surface area (Å²) < 4.78 is 38.3. The molecule has 1 saturated heterocycles. The van der Waals surface area contributed by atoms with Crippen molar-refractivity contribution < 1.29 is 18.0 Å². The molecule has 7 heteroatoms. The van der Waals surface area contributed by atoms with Crippen LogP contribution in [-0.4, -0.2) is 41.7 Å². The molecule has 0 spiro atoms. The van der Waals surface area contributed by atoms with Crippen molar-refractivity contribution >= 4 is 5.91 Å². The molecule has 1 aliphatic heterocycles. The van der Waals surface area contributed by atoms with E-state index in [0.29, 0.717) is 32.2 Å². The molecule has 1 aliphatic carbocycles. The van der Waals surface area contributed by atoms with Crippen LogP contribution in [0.4, 0.5) is 13.2 Å². The lowest BCUT2D eigenvalue weighted by Gasteiger charge is -2.37. The molecule has 0 aromatic rings. The lowest BCUT2D eigenvalue weighted by Crippen LogP contribution is -2.52. The third kappa shape index (κ3) is 3.02. The van der Waals surface area contributed by atoms with Crippen LogP contribution in [0.2, 0.25) is 0 Å². The zero-order valence-electron chi connectivity index (χ0n) is 10.7. The molecular formula is C12H20F3N3O. The number of primary amides is 1. The monoisotopic (exact) mass is 279 g/mol.